The Hall–Kier alpha value is -2.22. The topological polar surface area (TPSA) is 93.7 Å². The zero-order chi connectivity index (χ0) is 24.5. The van der Waals surface area contributed by atoms with Gasteiger partial charge in [0.2, 0.25) is 0 Å². The fourth-order valence-corrected chi connectivity index (χ4v) is 6.03. The Morgan fingerprint density at radius 1 is 1.32 bits per heavy atom. The van der Waals surface area contributed by atoms with Crippen molar-refractivity contribution in [3.8, 4) is 0 Å². The maximum Gasteiger partial charge on any atom is 0.331 e. The van der Waals surface area contributed by atoms with Crippen LogP contribution in [0, 0.1) is 11.8 Å². The van der Waals surface area contributed by atoms with Crippen LogP contribution in [0.2, 0.25) is 0 Å². The summed E-state index contributed by atoms with van der Waals surface area (Å²) in [7, 11) is 0. The molecule has 3 aliphatic heterocycles. The van der Waals surface area contributed by atoms with E-state index in [-0.39, 0.29) is 48.0 Å². The number of hydrogen-bond acceptors (Lipinski definition) is 6. The second kappa shape index (κ2) is 13.0. The molecule has 1 unspecified atom stereocenters. The SMILES string of the molecule is CCC(=C/[C@H](C)CCOC(=O)CCCCC1SC[C@@H]2NC(=O)N[C@H]12)/C=C/[C@@H]1OC(=O)C=C[C@@H]1C. The lowest BCUT2D eigenvalue weighted by atomic mass is 9.98. The van der Waals surface area contributed by atoms with E-state index < -0.39 is 0 Å². The molecule has 3 heterocycles. The number of fused-ring (bicyclic) bond motifs is 1. The lowest BCUT2D eigenvalue weighted by molar-refractivity contribution is -0.144. The Balaban J connectivity index is 1.29. The van der Waals surface area contributed by atoms with Crippen molar-refractivity contribution in [2.24, 2.45) is 11.8 Å². The zero-order valence-corrected chi connectivity index (χ0v) is 21.3. The highest BCUT2D eigenvalue weighted by atomic mass is 32.2. The minimum Gasteiger partial charge on any atom is -0.466 e. The number of carbonyl (C=O) groups is 3. The summed E-state index contributed by atoms with van der Waals surface area (Å²) in [6, 6.07) is 0.411. The van der Waals surface area contributed by atoms with Crippen molar-refractivity contribution in [1.82, 2.24) is 10.6 Å². The minimum absolute atomic E-state index is 0.0585. The highest BCUT2D eigenvalue weighted by molar-refractivity contribution is 8.00. The number of urea groups is 1. The molecule has 3 aliphatic rings. The smallest absolute Gasteiger partial charge is 0.331 e. The summed E-state index contributed by atoms with van der Waals surface area (Å²) < 4.78 is 10.8. The molecule has 3 rings (SSSR count). The molecule has 6 atom stereocenters. The second-order valence-electron chi connectivity index (χ2n) is 9.43. The van der Waals surface area contributed by atoms with Crippen molar-refractivity contribution >= 4 is 29.7 Å². The molecule has 8 heteroatoms. The summed E-state index contributed by atoms with van der Waals surface area (Å²) in [6.07, 6.45) is 14.2. The summed E-state index contributed by atoms with van der Waals surface area (Å²) in [4.78, 5) is 35.0. The Bertz CT molecular complexity index is 824. The fourth-order valence-electron chi connectivity index (χ4n) is 4.48. The van der Waals surface area contributed by atoms with Crippen LogP contribution in [0.5, 0.6) is 0 Å². The molecule has 7 nitrogen and oxygen atoms in total. The van der Waals surface area contributed by atoms with Gasteiger partial charge in [0.15, 0.2) is 0 Å². The highest BCUT2D eigenvalue weighted by Crippen LogP contribution is 2.33. The number of ether oxygens (including phenoxy) is 2. The van der Waals surface area contributed by atoms with Gasteiger partial charge in [-0.3, -0.25) is 4.79 Å². The number of carbonyl (C=O) groups excluding carboxylic acids is 3. The maximum absolute atomic E-state index is 12.1. The lowest BCUT2D eigenvalue weighted by Crippen LogP contribution is -2.36. The third kappa shape index (κ3) is 7.93. The molecule has 0 radical (unpaired) electrons. The van der Waals surface area contributed by atoms with Gasteiger partial charge in [0.1, 0.15) is 6.10 Å². The molecule has 0 saturated carbocycles. The Morgan fingerprint density at radius 2 is 2.15 bits per heavy atom. The van der Waals surface area contributed by atoms with Gasteiger partial charge >= 0.3 is 18.0 Å². The number of thioether (sulfide) groups is 1. The Morgan fingerprint density at radius 3 is 2.94 bits per heavy atom. The predicted octanol–water partition coefficient (Wildman–Crippen LogP) is 4.29. The molecule has 0 bridgehead atoms. The molecule has 2 fully saturated rings. The van der Waals surface area contributed by atoms with Gasteiger partial charge < -0.3 is 20.1 Å². The molecule has 0 spiro atoms. The van der Waals surface area contributed by atoms with E-state index in [2.05, 4.69) is 30.6 Å². The summed E-state index contributed by atoms with van der Waals surface area (Å²) >= 11 is 1.90. The standard InChI is InChI=1S/C26H38N2O5S/c1-4-19(10-11-21-18(3)9-12-24(30)33-21)15-17(2)13-14-32-23(29)8-6-5-7-22-25-20(16-34-22)27-26(31)28-25/h9-12,15,17-18,20-22,25H,4-8,13-14,16H2,1-3H3,(H2,27,28,31)/b11-10+,19-15-/t17-,18+,20+,21+,22?,25+/m1/s1. The Kier molecular flexibility index (Phi) is 10.1. The number of nitrogens with one attached hydrogen (secondary N) is 2. The molecule has 34 heavy (non-hydrogen) atoms. The van der Waals surface area contributed by atoms with Crippen molar-refractivity contribution in [2.45, 2.75) is 82.7 Å². The third-order valence-electron chi connectivity index (χ3n) is 6.61. The van der Waals surface area contributed by atoms with Crippen LogP contribution in [0.1, 0.15) is 59.3 Å². The minimum atomic E-state index is -0.296. The molecule has 2 saturated heterocycles. The van der Waals surface area contributed by atoms with Gasteiger partial charge in [0, 0.05) is 29.4 Å². The van der Waals surface area contributed by atoms with Crippen molar-refractivity contribution < 1.29 is 23.9 Å². The van der Waals surface area contributed by atoms with Crippen molar-refractivity contribution in [3.63, 3.8) is 0 Å². The van der Waals surface area contributed by atoms with Gasteiger partial charge in [-0.05, 0) is 37.7 Å². The number of hydrogen-bond donors (Lipinski definition) is 2. The van der Waals surface area contributed by atoms with Gasteiger partial charge in [-0.25, -0.2) is 9.59 Å². The molecule has 188 valence electrons. The highest BCUT2D eigenvalue weighted by Gasteiger charge is 2.42. The first-order valence-electron chi connectivity index (χ1n) is 12.5. The molecular formula is C26H38N2O5S. The van der Waals surface area contributed by atoms with Gasteiger partial charge in [-0.15, -0.1) is 0 Å². The summed E-state index contributed by atoms with van der Waals surface area (Å²) in [5.41, 5.74) is 1.18. The number of allylic oxidation sites excluding steroid dienone is 3. The molecule has 0 aliphatic carbocycles. The molecule has 0 aromatic rings. The average molecular weight is 491 g/mol. The largest absolute Gasteiger partial charge is 0.466 e. The number of amides is 2. The van der Waals surface area contributed by atoms with Crippen molar-refractivity contribution in [2.75, 3.05) is 12.4 Å². The molecule has 2 N–H and O–H groups in total. The normalized spacial score (nSPS) is 29.5. The van der Waals surface area contributed by atoms with E-state index in [9.17, 15) is 14.4 Å². The van der Waals surface area contributed by atoms with Crippen LogP contribution in [0.4, 0.5) is 4.79 Å². The van der Waals surface area contributed by atoms with E-state index in [1.807, 2.05) is 36.9 Å². The predicted molar refractivity (Wildman–Crippen MR) is 134 cm³/mol. The first kappa shape index (κ1) is 26.4. The van der Waals surface area contributed by atoms with Gasteiger partial charge in [0.05, 0.1) is 18.7 Å². The van der Waals surface area contributed by atoms with Gasteiger partial charge in [0.25, 0.3) is 0 Å². The second-order valence-corrected chi connectivity index (χ2v) is 10.7. The van der Waals surface area contributed by atoms with Crippen LogP contribution in [-0.4, -0.2) is 53.8 Å². The first-order chi connectivity index (χ1) is 16.4. The molecular weight excluding hydrogens is 452 g/mol. The quantitative estimate of drug-likeness (QED) is 0.183. The van der Waals surface area contributed by atoms with Crippen LogP contribution in [0.15, 0.2) is 36.0 Å². The van der Waals surface area contributed by atoms with E-state index in [0.717, 1.165) is 37.9 Å². The lowest BCUT2D eigenvalue weighted by Gasteiger charge is -2.21. The summed E-state index contributed by atoms with van der Waals surface area (Å²) in [5.74, 6) is 0.971. The van der Waals surface area contributed by atoms with E-state index in [4.69, 9.17) is 9.47 Å². The van der Waals surface area contributed by atoms with Crippen LogP contribution < -0.4 is 10.6 Å². The third-order valence-corrected chi connectivity index (χ3v) is 8.12. The number of esters is 2. The zero-order valence-electron chi connectivity index (χ0n) is 20.5. The van der Waals surface area contributed by atoms with Crippen molar-refractivity contribution in [3.05, 3.63) is 36.0 Å². The van der Waals surface area contributed by atoms with Gasteiger partial charge in [-0.2, -0.15) is 11.8 Å². The maximum atomic E-state index is 12.1. The summed E-state index contributed by atoms with van der Waals surface area (Å²) in [5, 5.41) is 6.39. The molecule has 0 aromatic carbocycles. The van der Waals surface area contributed by atoms with Crippen LogP contribution in [0.3, 0.4) is 0 Å². The van der Waals surface area contributed by atoms with Crippen LogP contribution >= 0.6 is 11.8 Å². The van der Waals surface area contributed by atoms with E-state index >= 15 is 0 Å². The number of cyclic esters (lactones) is 1. The van der Waals surface area contributed by atoms with Crippen LogP contribution in [-0.2, 0) is 19.1 Å². The van der Waals surface area contributed by atoms with E-state index in [1.165, 1.54) is 11.6 Å². The van der Waals surface area contributed by atoms with E-state index in [1.54, 1.807) is 0 Å². The number of rotatable bonds is 12. The molecule has 0 aromatic heterocycles. The molecule has 2 amide bonds. The average Bonchev–Trinajstić information content (AvgIpc) is 3.35. The number of unbranched alkanes of at least 4 members (excludes halogenated alkanes) is 1. The Labute approximate surface area is 207 Å². The van der Waals surface area contributed by atoms with Crippen LogP contribution in [0.25, 0.3) is 0 Å². The summed E-state index contributed by atoms with van der Waals surface area (Å²) in [6.45, 7) is 6.66. The van der Waals surface area contributed by atoms with E-state index in [0.29, 0.717) is 18.3 Å². The monoisotopic (exact) mass is 490 g/mol. The first-order valence-corrected chi connectivity index (χ1v) is 13.5. The fraction of sp³-hybridized carbons (Fsp3) is 0.654. The van der Waals surface area contributed by atoms with Gasteiger partial charge in [-0.1, -0.05) is 51.0 Å². The van der Waals surface area contributed by atoms with Crippen molar-refractivity contribution in [1.29, 1.82) is 0 Å².